The molecule has 1 aliphatic rings. The zero-order valence-corrected chi connectivity index (χ0v) is 11.2. The topological polar surface area (TPSA) is 86.7 Å². The van der Waals surface area contributed by atoms with Gasteiger partial charge in [0.2, 0.25) is 11.8 Å². The Labute approximate surface area is 120 Å². The van der Waals surface area contributed by atoms with Crippen molar-refractivity contribution >= 4 is 17.8 Å². The molecule has 1 aromatic rings. The van der Waals surface area contributed by atoms with Crippen molar-refractivity contribution in [3.05, 3.63) is 35.6 Å². The fourth-order valence-electron chi connectivity index (χ4n) is 2.30. The van der Waals surface area contributed by atoms with Gasteiger partial charge in [-0.3, -0.25) is 14.4 Å². The molecule has 1 fully saturated rings. The van der Waals surface area contributed by atoms with Crippen LogP contribution in [0.1, 0.15) is 12.0 Å². The molecule has 0 saturated carbocycles. The van der Waals surface area contributed by atoms with Gasteiger partial charge >= 0.3 is 5.97 Å². The summed E-state index contributed by atoms with van der Waals surface area (Å²) in [7, 11) is 0. The predicted octanol–water partition coefficient (Wildman–Crippen LogP) is 0.170. The third-order valence-electron chi connectivity index (χ3n) is 3.26. The summed E-state index contributed by atoms with van der Waals surface area (Å²) in [4.78, 5) is 36.0. The lowest BCUT2D eigenvalue weighted by atomic mass is 10.1. The Balaban J connectivity index is 2.11. The van der Waals surface area contributed by atoms with Gasteiger partial charge in [-0.15, -0.1) is 0 Å². The smallest absolute Gasteiger partial charge is 0.305 e. The highest BCUT2D eigenvalue weighted by atomic mass is 19.1. The summed E-state index contributed by atoms with van der Waals surface area (Å²) in [6.45, 7) is 0.529. The van der Waals surface area contributed by atoms with Gasteiger partial charge in [0.05, 0.1) is 12.8 Å². The van der Waals surface area contributed by atoms with Crippen molar-refractivity contribution in [3.63, 3.8) is 0 Å². The monoisotopic (exact) mass is 294 g/mol. The number of halogens is 1. The SMILES string of the molecule is O=C(O)CC1C(=O)NCCN1C(=O)Cc1cccc(F)c1. The van der Waals surface area contributed by atoms with Gasteiger partial charge in [-0.05, 0) is 17.7 Å². The number of carboxylic acids is 1. The Morgan fingerprint density at radius 2 is 2.19 bits per heavy atom. The van der Waals surface area contributed by atoms with E-state index in [1.54, 1.807) is 6.07 Å². The van der Waals surface area contributed by atoms with Crippen molar-refractivity contribution in [3.8, 4) is 0 Å². The van der Waals surface area contributed by atoms with Crippen LogP contribution in [0.4, 0.5) is 4.39 Å². The predicted molar refractivity (Wildman–Crippen MR) is 70.9 cm³/mol. The molecular weight excluding hydrogens is 279 g/mol. The Hall–Kier alpha value is -2.44. The maximum Gasteiger partial charge on any atom is 0.305 e. The van der Waals surface area contributed by atoms with Crippen LogP contribution in [0, 0.1) is 5.82 Å². The maximum atomic E-state index is 13.1. The van der Waals surface area contributed by atoms with Crippen LogP contribution in [-0.4, -0.2) is 46.9 Å². The number of nitrogens with one attached hydrogen (secondary N) is 1. The van der Waals surface area contributed by atoms with Gasteiger partial charge < -0.3 is 15.3 Å². The molecule has 112 valence electrons. The second-order valence-corrected chi connectivity index (χ2v) is 4.80. The van der Waals surface area contributed by atoms with Gasteiger partial charge in [-0.25, -0.2) is 4.39 Å². The Morgan fingerprint density at radius 3 is 2.86 bits per heavy atom. The summed E-state index contributed by atoms with van der Waals surface area (Å²) >= 11 is 0. The van der Waals surface area contributed by atoms with E-state index < -0.39 is 30.2 Å². The van der Waals surface area contributed by atoms with Crippen LogP contribution in [0.5, 0.6) is 0 Å². The molecular formula is C14H15FN2O4. The van der Waals surface area contributed by atoms with Crippen molar-refractivity contribution in [2.75, 3.05) is 13.1 Å². The standard InChI is InChI=1S/C14H15FN2O4/c15-10-3-1-2-9(6-10)7-12(18)17-5-4-16-14(21)11(17)8-13(19)20/h1-3,6,11H,4-5,7-8H2,(H,16,21)(H,19,20). The minimum Gasteiger partial charge on any atom is -0.481 e. The van der Waals surface area contributed by atoms with Crippen LogP contribution < -0.4 is 5.32 Å². The lowest BCUT2D eigenvalue weighted by molar-refractivity contribution is -0.148. The van der Waals surface area contributed by atoms with Crippen molar-refractivity contribution < 1.29 is 23.9 Å². The molecule has 0 spiro atoms. The fraction of sp³-hybridized carbons (Fsp3) is 0.357. The van der Waals surface area contributed by atoms with Crippen molar-refractivity contribution in [1.29, 1.82) is 0 Å². The minimum absolute atomic E-state index is 0.0683. The zero-order chi connectivity index (χ0) is 15.4. The molecule has 1 saturated heterocycles. The lowest BCUT2D eigenvalue weighted by Crippen LogP contribution is -2.58. The average Bonchev–Trinajstić information content (AvgIpc) is 2.40. The summed E-state index contributed by atoms with van der Waals surface area (Å²) in [6, 6.07) is 4.61. The van der Waals surface area contributed by atoms with Gasteiger partial charge in [0.15, 0.2) is 0 Å². The number of aliphatic carboxylic acids is 1. The molecule has 0 bridgehead atoms. The van der Waals surface area contributed by atoms with E-state index in [4.69, 9.17) is 5.11 Å². The van der Waals surface area contributed by atoms with Gasteiger partial charge in [0, 0.05) is 13.1 Å². The second-order valence-electron chi connectivity index (χ2n) is 4.80. The molecule has 2 amide bonds. The van der Waals surface area contributed by atoms with Crippen molar-refractivity contribution in [1.82, 2.24) is 10.2 Å². The normalized spacial score (nSPS) is 18.2. The second kappa shape index (κ2) is 6.34. The molecule has 6 nitrogen and oxygen atoms in total. The van der Waals surface area contributed by atoms with Crippen LogP contribution in [0.25, 0.3) is 0 Å². The van der Waals surface area contributed by atoms with Crippen molar-refractivity contribution in [2.45, 2.75) is 18.9 Å². The molecule has 7 heteroatoms. The number of carboxylic acid groups (broad SMARTS) is 1. The quantitative estimate of drug-likeness (QED) is 0.829. The number of piperazine rings is 1. The molecule has 1 unspecified atom stereocenters. The number of rotatable bonds is 4. The number of hydrogen-bond donors (Lipinski definition) is 2. The number of carbonyl (C=O) groups is 3. The summed E-state index contributed by atoms with van der Waals surface area (Å²) < 4.78 is 13.1. The van der Waals surface area contributed by atoms with Crippen LogP contribution in [-0.2, 0) is 20.8 Å². The number of hydrogen-bond acceptors (Lipinski definition) is 3. The number of nitrogens with zero attached hydrogens (tertiary/aromatic N) is 1. The molecule has 1 aliphatic heterocycles. The first-order valence-electron chi connectivity index (χ1n) is 6.51. The molecule has 0 aromatic heterocycles. The zero-order valence-electron chi connectivity index (χ0n) is 11.2. The van der Waals surface area contributed by atoms with Gasteiger partial charge in [-0.1, -0.05) is 12.1 Å². The highest BCUT2D eigenvalue weighted by molar-refractivity contribution is 5.92. The van der Waals surface area contributed by atoms with E-state index in [1.165, 1.54) is 23.1 Å². The highest BCUT2D eigenvalue weighted by Crippen LogP contribution is 2.13. The molecule has 0 aliphatic carbocycles. The third-order valence-corrected chi connectivity index (χ3v) is 3.26. The first kappa shape index (κ1) is 15.0. The van der Waals surface area contributed by atoms with Crippen LogP contribution in [0.2, 0.25) is 0 Å². The molecule has 1 aromatic carbocycles. The Bertz CT molecular complexity index is 576. The summed E-state index contributed by atoms with van der Waals surface area (Å²) in [5.74, 6) is -2.46. The fourth-order valence-corrected chi connectivity index (χ4v) is 2.30. The van der Waals surface area contributed by atoms with E-state index in [1.807, 2.05) is 0 Å². The van der Waals surface area contributed by atoms with Gasteiger partial charge in [0.1, 0.15) is 11.9 Å². The number of carbonyl (C=O) groups excluding carboxylic acids is 2. The lowest BCUT2D eigenvalue weighted by Gasteiger charge is -2.34. The van der Waals surface area contributed by atoms with Crippen LogP contribution in [0.15, 0.2) is 24.3 Å². The van der Waals surface area contributed by atoms with E-state index in [9.17, 15) is 18.8 Å². The molecule has 0 radical (unpaired) electrons. The Kier molecular flexibility index (Phi) is 4.52. The van der Waals surface area contributed by atoms with Gasteiger partial charge in [-0.2, -0.15) is 0 Å². The summed E-state index contributed by atoms with van der Waals surface area (Å²) in [5, 5.41) is 11.4. The molecule has 1 heterocycles. The highest BCUT2D eigenvalue weighted by Gasteiger charge is 2.34. The number of amides is 2. The first-order valence-corrected chi connectivity index (χ1v) is 6.51. The van der Waals surface area contributed by atoms with E-state index in [0.717, 1.165) is 0 Å². The van der Waals surface area contributed by atoms with Crippen molar-refractivity contribution in [2.24, 2.45) is 0 Å². The average molecular weight is 294 g/mol. The van der Waals surface area contributed by atoms with Gasteiger partial charge in [0.25, 0.3) is 0 Å². The third kappa shape index (κ3) is 3.77. The molecule has 21 heavy (non-hydrogen) atoms. The van der Waals surface area contributed by atoms with E-state index >= 15 is 0 Å². The van der Waals surface area contributed by atoms with Crippen LogP contribution >= 0.6 is 0 Å². The Morgan fingerprint density at radius 1 is 1.43 bits per heavy atom. The summed E-state index contributed by atoms with van der Waals surface area (Å²) in [6.07, 6.45) is -0.512. The minimum atomic E-state index is -1.15. The van der Waals surface area contributed by atoms with E-state index in [2.05, 4.69) is 5.32 Å². The summed E-state index contributed by atoms with van der Waals surface area (Å²) in [5.41, 5.74) is 0.486. The van der Waals surface area contributed by atoms with E-state index in [-0.39, 0.29) is 25.4 Å². The molecule has 2 N–H and O–H groups in total. The molecule has 2 rings (SSSR count). The maximum absolute atomic E-state index is 13.1. The largest absolute Gasteiger partial charge is 0.481 e. The van der Waals surface area contributed by atoms with Crippen LogP contribution in [0.3, 0.4) is 0 Å². The number of benzene rings is 1. The molecule has 1 atom stereocenters. The van der Waals surface area contributed by atoms with E-state index in [0.29, 0.717) is 5.56 Å². The first-order chi connectivity index (χ1) is 9.97.